The van der Waals surface area contributed by atoms with Gasteiger partial charge < -0.3 is 19.4 Å². The highest BCUT2D eigenvalue weighted by Gasteiger charge is 2.30. The fraction of sp³-hybridized carbons (Fsp3) is 0.609. The van der Waals surface area contributed by atoms with Crippen molar-refractivity contribution in [3.63, 3.8) is 0 Å². The predicted molar refractivity (Wildman–Crippen MR) is 128 cm³/mol. The zero-order chi connectivity index (χ0) is 25.7. The van der Waals surface area contributed by atoms with Gasteiger partial charge in [-0.05, 0) is 53.1 Å². The smallest absolute Gasteiger partial charge is 0.326 e. The highest BCUT2D eigenvalue weighted by atomic mass is 32.2. The predicted octanol–water partition coefficient (Wildman–Crippen LogP) is 0.885. The lowest BCUT2D eigenvalue weighted by molar-refractivity contribution is -0.155. The van der Waals surface area contributed by atoms with Gasteiger partial charge in [0.25, 0.3) is 5.91 Å². The van der Waals surface area contributed by atoms with Crippen LogP contribution < -0.4 is 0 Å². The molecule has 1 aromatic rings. The van der Waals surface area contributed by atoms with Gasteiger partial charge in [-0.3, -0.25) is 14.4 Å². The van der Waals surface area contributed by atoms with Crippen LogP contribution in [0.1, 0.15) is 38.1 Å². The van der Waals surface area contributed by atoms with Crippen LogP contribution in [0, 0.1) is 0 Å². The number of hydrogen-bond acceptors (Lipinski definition) is 7. The normalized spacial score (nSPS) is 15.3. The molecule has 1 fully saturated rings. The largest absolute Gasteiger partial charge is 0.459 e. The van der Waals surface area contributed by atoms with Crippen molar-refractivity contribution in [1.29, 1.82) is 0 Å². The Balaban J connectivity index is 2.23. The van der Waals surface area contributed by atoms with E-state index in [4.69, 9.17) is 4.74 Å². The SMILES string of the molecule is CC(=O)N1CCN(S(=O)(=O)c2cccc(C(=O)N(CCN(C)C)CC(=O)OC(C)(C)C)c2)CC1. The molecule has 0 aliphatic carbocycles. The Morgan fingerprint density at radius 2 is 1.65 bits per heavy atom. The molecule has 1 heterocycles. The van der Waals surface area contributed by atoms with E-state index in [-0.39, 0.29) is 42.5 Å². The van der Waals surface area contributed by atoms with Crippen LogP contribution in [0.3, 0.4) is 0 Å². The first-order valence-electron chi connectivity index (χ1n) is 11.2. The van der Waals surface area contributed by atoms with E-state index in [2.05, 4.69) is 0 Å². The molecule has 1 aliphatic rings. The lowest BCUT2D eigenvalue weighted by atomic mass is 10.2. The molecule has 2 amide bonds. The van der Waals surface area contributed by atoms with Crippen LogP contribution >= 0.6 is 0 Å². The molecule has 1 aliphatic heterocycles. The van der Waals surface area contributed by atoms with E-state index >= 15 is 0 Å². The summed E-state index contributed by atoms with van der Waals surface area (Å²) in [7, 11) is -0.128. The van der Waals surface area contributed by atoms with Crippen molar-refractivity contribution in [3.05, 3.63) is 29.8 Å². The molecule has 2 rings (SSSR count). The Bertz CT molecular complexity index is 995. The Morgan fingerprint density at radius 1 is 1.03 bits per heavy atom. The molecule has 0 spiro atoms. The van der Waals surface area contributed by atoms with Crippen molar-refractivity contribution in [2.45, 2.75) is 38.2 Å². The molecule has 10 nitrogen and oxygen atoms in total. The molecular weight excluding hydrogens is 460 g/mol. The Hall–Kier alpha value is -2.50. The van der Waals surface area contributed by atoms with Gasteiger partial charge in [0.1, 0.15) is 12.1 Å². The first kappa shape index (κ1) is 27.7. The Labute approximate surface area is 202 Å². The van der Waals surface area contributed by atoms with Crippen LogP contribution in [0.2, 0.25) is 0 Å². The number of rotatable bonds is 8. The minimum Gasteiger partial charge on any atom is -0.459 e. The van der Waals surface area contributed by atoms with E-state index < -0.39 is 27.5 Å². The van der Waals surface area contributed by atoms with Crippen molar-refractivity contribution < 1.29 is 27.5 Å². The van der Waals surface area contributed by atoms with Gasteiger partial charge in [-0.15, -0.1) is 0 Å². The topological polar surface area (TPSA) is 108 Å². The van der Waals surface area contributed by atoms with Crippen molar-refractivity contribution in [2.24, 2.45) is 0 Å². The van der Waals surface area contributed by atoms with E-state index in [1.165, 1.54) is 40.4 Å². The molecule has 0 radical (unpaired) electrons. The molecule has 34 heavy (non-hydrogen) atoms. The zero-order valence-corrected chi connectivity index (χ0v) is 21.7. The van der Waals surface area contributed by atoms with Gasteiger partial charge >= 0.3 is 5.97 Å². The molecule has 190 valence electrons. The Kier molecular flexibility index (Phi) is 9.21. The van der Waals surface area contributed by atoms with Crippen molar-refractivity contribution >= 4 is 27.8 Å². The maximum atomic E-state index is 13.3. The highest BCUT2D eigenvalue weighted by molar-refractivity contribution is 7.89. The molecule has 0 N–H and O–H groups in total. The Morgan fingerprint density at radius 3 is 2.18 bits per heavy atom. The van der Waals surface area contributed by atoms with E-state index in [1.54, 1.807) is 25.7 Å². The maximum absolute atomic E-state index is 13.3. The quantitative estimate of drug-likeness (QED) is 0.492. The van der Waals surface area contributed by atoms with Gasteiger partial charge in [0.05, 0.1) is 4.90 Å². The second-order valence-corrected chi connectivity index (χ2v) is 11.5. The van der Waals surface area contributed by atoms with Gasteiger partial charge in [-0.25, -0.2) is 8.42 Å². The summed E-state index contributed by atoms with van der Waals surface area (Å²) in [5.74, 6) is -1.08. The summed E-state index contributed by atoms with van der Waals surface area (Å²) in [5, 5.41) is 0. The van der Waals surface area contributed by atoms with E-state index in [0.717, 1.165) is 0 Å². The van der Waals surface area contributed by atoms with E-state index in [9.17, 15) is 22.8 Å². The molecule has 11 heteroatoms. The van der Waals surface area contributed by atoms with Gasteiger partial charge in [0, 0.05) is 51.8 Å². The summed E-state index contributed by atoms with van der Waals surface area (Å²) in [6.45, 7) is 8.28. The van der Waals surface area contributed by atoms with Crippen LogP contribution in [-0.4, -0.2) is 111 Å². The van der Waals surface area contributed by atoms with E-state index in [0.29, 0.717) is 19.6 Å². The van der Waals surface area contributed by atoms with Crippen LogP contribution in [0.15, 0.2) is 29.2 Å². The number of ether oxygens (including phenoxy) is 1. The molecule has 1 aromatic carbocycles. The molecule has 0 saturated carbocycles. The number of nitrogens with zero attached hydrogens (tertiary/aromatic N) is 4. The first-order valence-corrected chi connectivity index (χ1v) is 12.7. The molecule has 0 aromatic heterocycles. The van der Waals surface area contributed by atoms with Crippen molar-refractivity contribution in [3.8, 4) is 0 Å². The van der Waals surface area contributed by atoms with Crippen molar-refractivity contribution in [2.75, 3.05) is 59.9 Å². The third-order valence-electron chi connectivity index (χ3n) is 5.25. The highest BCUT2D eigenvalue weighted by Crippen LogP contribution is 2.20. The number of amides is 2. The average Bonchev–Trinajstić information content (AvgIpc) is 2.75. The number of piperazine rings is 1. The lowest BCUT2D eigenvalue weighted by Gasteiger charge is -2.33. The van der Waals surface area contributed by atoms with Gasteiger partial charge in [0.15, 0.2) is 0 Å². The number of sulfonamides is 1. The van der Waals surface area contributed by atoms with Crippen molar-refractivity contribution in [1.82, 2.24) is 19.0 Å². The maximum Gasteiger partial charge on any atom is 0.326 e. The summed E-state index contributed by atoms with van der Waals surface area (Å²) in [4.78, 5) is 42.1. The number of esters is 1. The molecular formula is C23H36N4O6S. The van der Waals surface area contributed by atoms with Crippen LogP contribution in [-0.2, 0) is 24.3 Å². The average molecular weight is 497 g/mol. The lowest BCUT2D eigenvalue weighted by Crippen LogP contribution is -2.49. The third-order valence-corrected chi connectivity index (χ3v) is 7.14. The molecule has 0 bridgehead atoms. The van der Waals surface area contributed by atoms with Gasteiger partial charge in [-0.2, -0.15) is 4.31 Å². The minimum atomic E-state index is -3.84. The molecule has 0 unspecified atom stereocenters. The van der Waals surface area contributed by atoms with Gasteiger partial charge in [-0.1, -0.05) is 6.07 Å². The number of hydrogen-bond donors (Lipinski definition) is 0. The number of benzene rings is 1. The van der Waals surface area contributed by atoms with E-state index in [1.807, 2.05) is 19.0 Å². The van der Waals surface area contributed by atoms with Crippen LogP contribution in [0.25, 0.3) is 0 Å². The monoisotopic (exact) mass is 496 g/mol. The fourth-order valence-corrected chi connectivity index (χ4v) is 4.94. The standard InChI is InChI=1S/C23H36N4O6S/c1-18(28)25-12-14-27(15-13-25)34(31,32)20-9-7-8-19(16-20)22(30)26(11-10-24(5)6)17-21(29)33-23(2,3)4/h7-9,16H,10-15,17H2,1-6H3. The summed E-state index contributed by atoms with van der Waals surface area (Å²) in [6.07, 6.45) is 0. The van der Waals surface area contributed by atoms with Gasteiger partial charge in [0.2, 0.25) is 15.9 Å². The first-order chi connectivity index (χ1) is 15.7. The second kappa shape index (κ2) is 11.3. The minimum absolute atomic E-state index is 0.000507. The number of likely N-dealkylation sites (N-methyl/N-ethyl adjacent to an activating group) is 1. The zero-order valence-electron chi connectivity index (χ0n) is 20.9. The third kappa shape index (κ3) is 7.78. The molecule has 1 saturated heterocycles. The van der Waals surface area contributed by atoms with Crippen LogP contribution in [0.4, 0.5) is 0 Å². The van der Waals surface area contributed by atoms with Crippen LogP contribution in [0.5, 0.6) is 0 Å². The number of carbonyl (C=O) groups is 3. The summed E-state index contributed by atoms with van der Waals surface area (Å²) in [5.41, 5.74) is -0.515. The second-order valence-electron chi connectivity index (χ2n) is 9.55. The fourth-order valence-electron chi connectivity index (χ4n) is 3.47. The summed E-state index contributed by atoms with van der Waals surface area (Å²) >= 11 is 0. The summed E-state index contributed by atoms with van der Waals surface area (Å²) in [6, 6.07) is 5.84. The summed E-state index contributed by atoms with van der Waals surface area (Å²) < 4.78 is 33.0. The number of carbonyl (C=O) groups excluding carboxylic acids is 3. The molecule has 0 atom stereocenters.